The number of hydrogen-bond donors (Lipinski definition) is 1. The van der Waals surface area contributed by atoms with Gasteiger partial charge in [-0.05, 0) is 110 Å². The molecule has 4 fully saturated rings. The fraction of sp³-hybridized carbons (Fsp3) is 0.871. The molecule has 0 aromatic rings. The van der Waals surface area contributed by atoms with Crippen molar-refractivity contribution in [2.24, 2.45) is 50.2 Å². The number of ketones is 1. The summed E-state index contributed by atoms with van der Waals surface area (Å²) in [7, 11) is 1.50. The molecular formula is C31H48O4. The van der Waals surface area contributed by atoms with Gasteiger partial charge in [0.2, 0.25) is 0 Å². The SMILES string of the molecule is COC(=O)[C@@]1(C)CC[C@]2(C)CC[C@]3(C)C(=CC(=O)[C@H]4[C@@]5(C)CC[C@H](O)C(C)(C)[C@H]5CC[C@]43C)[C@H]2C1. The summed E-state index contributed by atoms with van der Waals surface area (Å²) in [6, 6.07) is 0. The maximum atomic E-state index is 14.3. The molecule has 5 aliphatic rings. The number of esters is 1. The lowest BCUT2D eigenvalue weighted by Crippen LogP contribution is -2.66. The van der Waals surface area contributed by atoms with E-state index in [0.717, 1.165) is 57.8 Å². The van der Waals surface area contributed by atoms with Crippen molar-refractivity contribution in [3.05, 3.63) is 11.6 Å². The topological polar surface area (TPSA) is 63.6 Å². The number of ether oxygens (including phenoxy) is 1. The van der Waals surface area contributed by atoms with Gasteiger partial charge in [-0.25, -0.2) is 0 Å². The molecule has 0 aromatic heterocycles. The summed E-state index contributed by atoms with van der Waals surface area (Å²) >= 11 is 0. The van der Waals surface area contributed by atoms with Gasteiger partial charge in [-0.2, -0.15) is 0 Å². The van der Waals surface area contributed by atoms with E-state index in [1.54, 1.807) is 0 Å². The molecule has 9 atom stereocenters. The van der Waals surface area contributed by atoms with Gasteiger partial charge >= 0.3 is 5.97 Å². The van der Waals surface area contributed by atoms with Crippen molar-refractivity contribution in [2.45, 2.75) is 112 Å². The number of hydrogen-bond acceptors (Lipinski definition) is 4. The zero-order valence-corrected chi connectivity index (χ0v) is 23.4. The molecule has 5 rings (SSSR count). The van der Waals surface area contributed by atoms with Gasteiger partial charge in [-0.15, -0.1) is 0 Å². The van der Waals surface area contributed by atoms with Gasteiger partial charge in [0, 0.05) is 5.92 Å². The average molecular weight is 485 g/mol. The van der Waals surface area contributed by atoms with Crippen molar-refractivity contribution in [1.29, 1.82) is 0 Å². The smallest absolute Gasteiger partial charge is 0.311 e. The first kappa shape index (κ1) is 25.5. The Labute approximate surface area is 212 Å². The number of aliphatic hydroxyl groups excluding tert-OH is 1. The summed E-state index contributed by atoms with van der Waals surface area (Å²) in [4.78, 5) is 27.1. The first-order valence-corrected chi connectivity index (χ1v) is 14.1. The predicted octanol–water partition coefficient (Wildman–Crippen LogP) is 6.50. The minimum absolute atomic E-state index is 0.00536. The Morgan fingerprint density at radius 3 is 2.26 bits per heavy atom. The van der Waals surface area contributed by atoms with Crippen molar-refractivity contribution in [3.8, 4) is 0 Å². The van der Waals surface area contributed by atoms with Crippen LogP contribution in [0.15, 0.2) is 11.6 Å². The molecular weight excluding hydrogens is 436 g/mol. The molecule has 0 saturated heterocycles. The highest BCUT2D eigenvalue weighted by Crippen LogP contribution is 2.75. The second kappa shape index (κ2) is 7.45. The Morgan fingerprint density at radius 1 is 0.943 bits per heavy atom. The number of carbonyl (C=O) groups excluding carboxylic acids is 2. The summed E-state index contributed by atoms with van der Waals surface area (Å²) < 4.78 is 5.25. The largest absolute Gasteiger partial charge is 0.469 e. The van der Waals surface area contributed by atoms with Crippen LogP contribution in [-0.4, -0.2) is 30.1 Å². The van der Waals surface area contributed by atoms with Gasteiger partial charge in [0.1, 0.15) is 0 Å². The quantitative estimate of drug-likeness (QED) is 0.431. The standard InChI is InChI=1S/C31H48O4/c1-26(2)22-9-12-31(7)24(29(22,5)11-10-23(26)33)21(32)17-19-20-18-28(4,25(34)35-8)14-13-27(20,3)15-16-30(19,31)6/h17,20,22-24,33H,9-16,18H2,1-8H3/t20-,22-,23+,24+,27-,28+,29+,30-,31-/m1/s1. The van der Waals surface area contributed by atoms with Crippen LogP contribution in [0.25, 0.3) is 0 Å². The lowest BCUT2D eigenvalue weighted by atomic mass is 9.33. The number of aliphatic hydroxyl groups is 1. The molecule has 35 heavy (non-hydrogen) atoms. The molecule has 0 aromatic carbocycles. The lowest BCUT2D eigenvalue weighted by molar-refractivity contribution is -0.202. The fourth-order valence-corrected chi connectivity index (χ4v) is 10.6. The number of allylic oxidation sites excluding steroid dienone is 2. The molecule has 0 aliphatic heterocycles. The molecule has 4 nitrogen and oxygen atoms in total. The summed E-state index contributed by atoms with van der Waals surface area (Å²) in [5, 5.41) is 10.9. The van der Waals surface area contributed by atoms with Crippen LogP contribution >= 0.6 is 0 Å². The van der Waals surface area contributed by atoms with E-state index in [-0.39, 0.29) is 51.0 Å². The van der Waals surface area contributed by atoms with E-state index in [0.29, 0.717) is 11.7 Å². The first-order valence-electron chi connectivity index (χ1n) is 14.1. The molecule has 0 radical (unpaired) electrons. The van der Waals surface area contributed by atoms with E-state index < -0.39 is 5.41 Å². The Morgan fingerprint density at radius 2 is 1.60 bits per heavy atom. The Bertz CT molecular complexity index is 980. The molecule has 0 amide bonds. The summed E-state index contributed by atoms with van der Waals surface area (Å²) in [5.41, 5.74) is 0.590. The van der Waals surface area contributed by atoms with Crippen LogP contribution < -0.4 is 0 Å². The molecule has 0 heterocycles. The van der Waals surface area contributed by atoms with E-state index in [1.165, 1.54) is 12.7 Å². The minimum Gasteiger partial charge on any atom is -0.469 e. The molecule has 0 unspecified atom stereocenters. The molecule has 0 spiro atoms. The molecule has 196 valence electrons. The van der Waals surface area contributed by atoms with Crippen LogP contribution in [-0.2, 0) is 14.3 Å². The minimum atomic E-state index is -0.480. The number of rotatable bonds is 1. The summed E-state index contributed by atoms with van der Waals surface area (Å²) in [6.45, 7) is 16.2. The Kier molecular flexibility index (Phi) is 5.43. The fourth-order valence-electron chi connectivity index (χ4n) is 10.6. The van der Waals surface area contributed by atoms with Gasteiger partial charge < -0.3 is 9.84 Å². The summed E-state index contributed by atoms with van der Waals surface area (Å²) in [6.07, 6.45) is 10.5. The van der Waals surface area contributed by atoms with Crippen LogP contribution in [0.1, 0.15) is 106 Å². The van der Waals surface area contributed by atoms with Crippen LogP contribution in [0.5, 0.6) is 0 Å². The third-order valence-corrected chi connectivity index (χ3v) is 13.2. The van der Waals surface area contributed by atoms with Crippen molar-refractivity contribution >= 4 is 11.8 Å². The maximum Gasteiger partial charge on any atom is 0.311 e. The van der Waals surface area contributed by atoms with Crippen LogP contribution in [0.3, 0.4) is 0 Å². The molecule has 1 N–H and O–H groups in total. The first-order chi connectivity index (χ1) is 16.1. The van der Waals surface area contributed by atoms with E-state index in [9.17, 15) is 14.7 Å². The van der Waals surface area contributed by atoms with E-state index in [1.807, 2.05) is 0 Å². The summed E-state index contributed by atoms with van der Waals surface area (Å²) in [5.74, 6) is 0.805. The molecule has 4 heteroatoms. The monoisotopic (exact) mass is 484 g/mol. The predicted molar refractivity (Wildman–Crippen MR) is 137 cm³/mol. The van der Waals surface area contributed by atoms with Crippen molar-refractivity contribution in [1.82, 2.24) is 0 Å². The van der Waals surface area contributed by atoms with Crippen LogP contribution in [0, 0.1) is 50.2 Å². The van der Waals surface area contributed by atoms with Gasteiger partial charge in [-0.1, -0.05) is 47.1 Å². The van der Waals surface area contributed by atoms with Gasteiger partial charge in [0.25, 0.3) is 0 Å². The van der Waals surface area contributed by atoms with Gasteiger partial charge in [0.15, 0.2) is 5.78 Å². The third kappa shape index (κ3) is 3.07. The van der Waals surface area contributed by atoms with E-state index >= 15 is 0 Å². The van der Waals surface area contributed by atoms with Crippen molar-refractivity contribution in [3.63, 3.8) is 0 Å². The highest BCUT2D eigenvalue weighted by atomic mass is 16.5. The van der Waals surface area contributed by atoms with Gasteiger partial charge in [-0.3, -0.25) is 9.59 Å². The Hall–Kier alpha value is -1.16. The maximum absolute atomic E-state index is 14.3. The van der Waals surface area contributed by atoms with Crippen molar-refractivity contribution in [2.75, 3.05) is 7.11 Å². The molecule has 0 bridgehead atoms. The van der Waals surface area contributed by atoms with Crippen LogP contribution in [0.4, 0.5) is 0 Å². The zero-order chi connectivity index (χ0) is 25.8. The van der Waals surface area contributed by atoms with Crippen molar-refractivity contribution < 1.29 is 19.4 Å². The molecule has 4 saturated carbocycles. The second-order valence-corrected chi connectivity index (χ2v) is 15.1. The lowest BCUT2D eigenvalue weighted by Gasteiger charge is -2.70. The van der Waals surface area contributed by atoms with E-state index in [2.05, 4.69) is 54.5 Å². The number of fused-ring (bicyclic) bond motifs is 7. The Balaban J connectivity index is 1.61. The number of carbonyl (C=O) groups is 2. The average Bonchev–Trinajstić information content (AvgIpc) is 2.78. The number of methoxy groups -OCH3 is 1. The zero-order valence-electron chi connectivity index (χ0n) is 23.4. The highest BCUT2D eigenvalue weighted by Gasteiger charge is 2.70. The van der Waals surface area contributed by atoms with Crippen LogP contribution in [0.2, 0.25) is 0 Å². The highest BCUT2D eigenvalue weighted by molar-refractivity contribution is 5.95. The second-order valence-electron chi connectivity index (χ2n) is 15.1. The normalized spacial score (nSPS) is 52.8. The third-order valence-electron chi connectivity index (χ3n) is 13.2. The van der Waals surface area contributed by atoms with Gasteiger partial charge in [0.05, 0.1) is 18.6 Å². The van der Waals surface area contributed by atoms with E-state index in [4.69, 9.17) is 4.74 Å². The molecule has 5 aliphatic carbocycles.